The number of benzene rings is 1. The van der Waals surface area contributed by atoms with E-state index >= 15 is 0 Å². The lowest BCUT2D eigenvalue weighted by Gasteiger charge is -2.23. The predicted octanol–water partition coefficient (Wildman–Crippen LogP) is 2.05. The molecule has 0 bridgehead atoms. The molecule has 1 unspecified atom stereocenters. The van der Waals surface area contributed by atoms with Crippen LogP contribution in [0, 0.1) is 0 Å². The third-order valence-corrected chi connectivity index (χ3v) is 4.33. The Bertz CT molecular complexity index is 657. The van der Waals surface area contributed by atoms with Crippen molar-refractivity contribution in [3.05, 3.63) is 29.8 Å². The summed E-state index contributed by atoms with van der Waals surface area (Å²) in [7, 11) is 0. The van der Waals surface area contributed by atoms with Crippen molar-refractivity contribution in [3.8, 4) is 0 Å². The van der Waals surface area contributed by atoms with E-state index in [9.17, 15) is 14.4 Å². The highest BCUT2D eigenvalue weighted by Crippen LogP contribution is 2.24. The summed E-state index contributed by atoms with van der Waals surface area (Å²) in [5, 5.41) is 14.5. The van der Waals surface area contributed by atoms with E-state index in [-0.39, 0.29) is 30.4 Å². The molecular weight excluding hydrogens is 310 g/mol. The van der Waals surface area contributed by atoms with Crippen LogP contribution in [-0.4, -0.2) is 46.5 Å². The van der Waals surface area contributed by atoms with Crippen molar-refractivity contribution in [1.82, 2.24) is 10.2 Å². The molecule has 24 heavy (non-hydrogen) atoms. The third-order valence-electron chi connectivity index (χ3n) is 4.33. The second kappa shape index (κ2) is 6.90. The van der Waals surface area contributed by atoms with Crippen molar-refractivity contribution < 1.29 is 19.5 Å². The number of urea groups is 1. The average Bonchev–Trinajstić information content (AvgIpc) is 3.22. The van der Waals surface area contributed by atoms with Gasteiger partial charge in [0, 0.05) is 29.9 Å². The first kappa shape index (κ1) is 16.3. The number of nitrogens with one attached hydrogen (secondary N) is 2. The topological polar surface area (TPSA) is 98.7 Å². The van der Waals surface area contributed by atoms with Crippen molar-refractivity contribution >= 4 is 23.6 Å². The van der Waals surface area contributed by atoms with Gasteiger partial charge in [0.25, 0.3) is 5.91 Å². The van der Waals surface area contributed by atoms with Gasteiger partial charge < -0.3 is 20.6 Å². The number of likely N-dealkylation sites (tertiary alicyclic amines) is 1. The van der Waals surface area contributed by atoms with Gasteiger partial charge in [0.05, 0.1) is 6.42 Å². The first-order chi connectivity index (χ1) is 11.5. The second-order valence-corrected chi connectivity index (χ2v) is 6.35. The Labute approximate surface area is 140 Å². The number of amides is 3. The number of carboxylic acids is 1. The highest BCUT2D eigenvalue weighted by atomic mass is 16.4. The van der Waals surface area contributed by atoms with E-state index in [1.54, 1.807) is 29.2 Å². The number of hydrogen-bond donors (Lipinski definition) is 3. The summed E-state index contributed by atoms with van der Waals surface area (Å²) in [5.74, 6) is -1.09. The SMILES string of the molecule is O=C(O)CC1CCCN1C(=O)c1cccc(NC(=O)NC2CC2)c1. The molecule has 1 heterocycles. The molecule has 1 aromatic carbocycles. The minimum absolute atomic E-state index is 0.0343. The molecule has 1 aliphatic carbocycles. The van der Waals surface area contributed by atoms with Crippen molar-refractivity contribution in [2.45, 2.75) is 44.2 Å². The molecule has 128 valence electrons. The van der Waals surface area contributed by atoms with Gasteiger partial charge in [0.15, 0.2) is 0 Å². The molecule has 2 fully saturated rings. The number of aliphatic carboxylic acids is 1. The maximum Gasteiger partial charge on any atom is 0.319 e. The first-order valence-corrected chi connectivity index (χ1v) is 8.23. The van der Waals surface area contributed by atoms with Gasteiger partial charge in [0.1, 0.15) is 0 Å². The molecule has 2 aliphatic rings. The van der Waals surface area contributed by atoms with Crippen molar-refractivity contribution in [2.24, 2.45) is 0 Å². The Morgan fingerprint density at radius 3 is 2.71 bits per heavy atom. The van der Waals surface area contributed by atoms with E-state index in [0.717, 1.165) is 19.3 Å². The molecule has 7 nitrogen and oxygen atoms in total. The first-order valence-electron chi connectivity index (χ1n) is 8.23. The predicted molar refractivity (Wildman–Crippen MR) is 87.9 cm³/mol. The van der Waals surface area contributed by atoms with Crippen LogP contribution in [0.1, 0.15) is 42.5 Å². The van der Waals surface area contributed by atoms with Crippen LogP contribution in [0.25, 0.3) is 0 Å². The molecule has 0 radical (unpaired) electrons. The summed E-state index contributed by atoms with van der Waals surface area (Å²) in [4.78, 5) is 37.0. The van der Waals surface area contributed by atoms with Crippen LogP contribution in [0.2, 0.25) is 0 Å². The van der Waals surface area contributed by atoms with Crippen LogP contribution in [0.5, 0.6) is 0 Å². The van der Waals surface area contributed by atoms with Gasteiger partial charge in [-0.05, 0) is 43.9 Å². The Kier molecular flexibility index (Phi) is 4.69. The van der Waals surface area contributed by atoms with Gasteiger partial charge in [-0.25, -0.2) is 4.79 Å². The molecule has 3 N–H and O–H groups in total. The quantitative estimate of drug-likeness (QED) is 0.769. The Balaban J connectivity index is 1.66. The monoisotopic (exact) mass is 331 g/mol. The molecule has 0 aromatic heterocycles. The van der Waals surface area contributed by atoms with Gasteiger partial charge in [-0.3, -0.25) is 9.59 Å². The van der Waals surface area contributed by atoms with Crippen LogP contribution in [-0.2, 0) is 4.79 Å². The number of nitrogens with zero attached hydrogens (tertiary/aromatic N) is 1. The van der Waals surface area contributed by atoms with Crippen molar-refractivity contribution in [2.75, 3.05) is 11.9 Å². The van der Waals surface area contributed by atoms with E-state index < -0.39 is 5.97 Å². The maximum atomic E-state index is 12.7. The summed E-state index contributed by atoms with van der Waals surface area (Å²) in [6.45, 7) is 0.566. The number of carbonyl (C=O) groups is 3. The Morgan fingerprint density at radius 1 is 1.21 bits per heavy atom. The fraction of sp³-hybridized carbons (Fsp3) is 0.471. The third kappa shape index (κ3) is 4.04. The molecule has 1 saturated heterocycles. The fourth-order valence-corrected chi connectivity index (χ4v) is 2.99. The van der Waals surface area contributed by atoms with Gasteiger partial charge >= 0.3 is 12.0 Å². The number of carboxylic acid groups (broad SMARTS) is 1. The van der Waals surface area contributed by atoms with Crippen LogP contribution in [0.3, 0.4) is 0 Å². The van der Waals surface area contributed by atoms with Crippen LogP contribution in [0.4, 0.5) is 10.5 Å². The Morgan fingerprint density at radius 2 is 2.00 bits per heavy atom. The summed E-state index contributed by atoms with van der Waals surface area (Å²) in [6, 6.07) is 6.48. The molecule has 1 atom stereocenters. The largest absolute Gasteiger partial charge is 0.481 e. The molecule has 0 spiro atoms. The second-order valence-electron chi connectivity index (χ2n) is 6.35. The summed E-state index contributed by atoms with van der Waals surface area (Å²) >= 11 is 0. The van der Waals surface area contributed by atoms with Crippen molar-refractivity contribution in [1.29, 1.82) is 0 Å². The number of anilines is 1. The van der Waals surface area contributed by atoms with E-state index in [0.29, 0.717) is 24.2 Å². The van der Waals surface area contributed by atoms with Gasteiger partial charge in [-0.1, -0.05) is 6.07 Å². The lowest BCUT2D eigenvalue weighted by molar-refractivity contribution is -0.137. The average molecular weight is 331 g/mol. The van der Waals surface area contributed by atoms with Gasteiger partial charge in [-0.2, -0.15) is 0 Å². The Hall–Kier alpha value is -2.57. The summed E-state index contributed by atoms with van der Waals surface area (Å²) in [6.07, 6.45) is 3.50. The molecule has 3 amide bonds. The summed E-state index contributed by atoms with van der Waals surface area (Å²) in [5.41, 5.74) is 1.00. The maximum absolute atomic E-state index is 12.7. The highest BCUT2D eigenvalue weighted by molar-refractivity contribution is 5.97. The van der Waals surface area contributed by atoms with Crippen LogP contribution < -0.4 is 10.6 Å². The fourth-order valence-electron chi connectivity index (χ4n) is 2.99. The zero-order valence-electron chi connectivity index (χ0n) is 13.3. The summed E-state index contributed by atoms with van der Waals surface area (Å²) < 4.78 is 0. The molecular formula is C17H21N3O4. The van der Waals surface area contributed by atoms with Crippen LogP contribution in [0.15, 0.2) is 24.3 Å². The molecule has 1 aliphatic heterocycles. The minimum atomic E-state index is -0.896. The molecule has 7 heteroatoms. The van der Waals surface area contributed by atoms with E-state index in [2.05, 4.69) is 10.6 Å². The number of rotatable bonds is 5. The zero-order valence-corrected chi connectivity index (χ0v) is 13.3. The molecule has 1 saturated carbocycles. The molecule has 3 rings (SSSR count). The van der Waals surface area contributed by atoms with Crippen LogP contribution >= 0.6 is 0 Å². The smallest absolute Gasteiger partial charge is 0.319 e. The highest BCUT2D eigenvalue weighted by Gasteiger charge is 2.31. The van der Waals surface area contributed by atoms with E-state index in [1.165, 1.54) is 0 Å². The zero-order chi connectivity index (χ0) is 17.1. The lowest BCUT2D eigenvalue weighted by atomic mass is 10.1. The van der Waals surface area contributed by atoms with E-state index in [1.807, 2.05) is 0 Å². The van der Waals surface area contributed by atoms with Crippen molar-refractivity contribution in [3.63, 3.8) is 0 Å². The normalized spacial score (nSPS) is 19.8. The minimum Gasteiger partial charge on any atom is -0.481 e. The van der Waals surface area contributed by atoms with E-state index in [4.69, 9.17) is 5.11 Å². The van der Waals surface area contributed by atoms with Gasteiger partial charge in [0.2, 0.25) is 0 Å². The number of hydrogen-bond acceptors (Lipinski definition) is 3. The van der Waals surface area contributed by atoms with Gasteiger partial charge in [-0.15, -0.1) is 0 Å². The lowest BCUT2D eigenvalue weighted by Crippen LogP contribution is -2.37. The number of carbonyl (C=O) groups excluding carboxylic acids is 2. The molecule has 1 aromatic rings. The standard InChI is InChI=1S/C17H21N3O4/c21-15(22)10-14-5-2-8-20(14)16(23)11-3-1-4-13(9-11)19-17(24)18-12-6-7-12/h1,3-4,9,12,14H,2,5-8,10H2,(H,21,22)(H2,18,19,24).